The third-order valence-electron chi connectivity index (χ3n) is 1.41. The Morgan fingerprint density at radius 2 is 0.818 bits per heavy atom. The van der Waals surface area contributed by atoms with Gasteiger partial charge in [-0.15, -0.1) is 21.1 Å². The molecule has 0 aromatic carbocycles. The number of rotatable bonds is 4. The van der Waals surface area contributed by atoms with E-state index in [1.807, 2.05) is 0 Å². The molecule has 0 aliphatic rings. The maximum Gasteiger partial charge on any atom is 0.236 e. The molecule has 0 spiro atoms. The van der Waals surface area contributed by atoms with Gasteiger partial charge in [0.2, 0.25) is 30.4 Å². The first-order valence-corrected chi connectivity index (χ1v) is 8.83. The van der Waals surface area contributed by atoms with Gasteiger partial charge in [-0.2, -0.15) is 13.5 Å². The summed E-state index contributed by atoms with van der Waals surface area (Å²) < 4.78 is 0. The summed E-state index contributed by atoms with van der Waals surface area (Å²) in [5.41, 5.74) is 0. The highest BCUT2D eigenvalue weighted by Gasteiger charge is 1.76. The van der Waals surface area contributed by atoms with Crippen LogP contribution in [-0.4, -0.2) is 30.4 Å². The fourth-order valence-electron chi connectivity index (χ4n) is 0.707. The molecular formula is C8H24Al2S. The van der Waals surface area contributed by atoms with Crippen LogP contribution in [0.4, 0.5) is 0 Å². The molecule has 68 valence electrons. The molecular weight excluding hydrogens is 182 g/mol. The lowest BCUT2D eigenvalue weighted by atomic mass is 10.9. The molecule has 0 aromatic rings. The van der Waals surface area contributed by atoms with Crippen LogP contribution in [0.25, 0.3) is 0 Å². The summed E-state index contributed by atoms with van der Waals surface area (Å²) in [5.74, 6) is 0. The maximum absolute atomic E-state index is 2.27. The standard InChI is InChI=1S/4C2H5.2Al.H2S.2H/c4*1-2;;;;;/h4*1H2,2H3;;;1H2;;. The summed E-state index contributed by atoms with van der Waals surface area (Å²) in [6.07, 6.45) is 0. The smallest absolute Gasteiger partial charge is 0.197 e. The van der Waals surface area contributed by atoms with Crippen molar-refractivity contribution in [3.8, 4) is 0 Å². The molecule has 0 saturated carbocycles. The summed E-state index contributed by atoms with van der Waals surface area (Å²) in [6.45, 7) is 9.09. The van der Waals surface area contributed by atoms with Crippen LogP contribution in [0.5, 0.6) is 0 Å². The van der Waals surface area contributed by atoms with Gasteiger partial charge in [0.1, 0.15) is 0 Å². The normalized spacial score (nSPS) is 6.91. The minimum absolute atomic E-state index is 0. The van der Waals surface area contributed by atoms with E-state index in [4.69, 9.17) is 0 Å². The second-order valence-corrected chi connectivity index (χ2v) is 8.12. The summed E-state index contributed by atoms with van der Waals surface area (Å²) in [4.78, 5) is 0. The van der Waals surface area contributed by atoms with Crippen molar-refractivity contribution in [3.05, 3.63) is 0 Å². The van der Waals surface area contributed by atoms with Gasteiger partial charge in [-0.25, -0.2) is 0 Å². The largest absolute Gasteiger partial charge is 0.236 e. The highest BCUT2D eigenvalue weighted by Crippen LogP contribution is 1.77. The van der Waals surface area contributed by atoms with Gasteiger partial charge in [-0.3, -0.25) is 0 Å². The van der Waals surface area contributed by atoms with Crippen LogP contribution in [-0.2, 0) is 0 Å². The van der Waals surface area contributed by atoms with Crippen molar-refractivity contribution in [2.24, 2.45) is 0 Å². The Morgan fingerprint density at radius 3 is 0.818 bits per heavy atom. The van der Waals surface area contributed by atoms with E-state index in [1.54, 1.807) is 0 Å². The highest BCUT2D eigenvalue weighted by atomic mass is 32.1. The summed E-state index contributed by atoms with van der Waals surface area (Å²) in [5, 5.41) is 5.93. The van der Waals surface area contributed by atoms with Crippen molar-refractivity contribution >= 4 is 43.9 Å². The Labute approximate surface area is 92.4 Å². The molecule has 0 aliphatic carbocycles. The molecule has 0 aromatic heterocycles. The zero-order valence-electron chi connectivity index (χ0n) is 8.74. The first kappa shape index (κ1) is 18.2. The molecule has 0 aliphatic heterocycles. The van der Waals surface area contributed by atoms with Crippen molar-refractivity contribution in [2.75, 3.05) is 0 Å². The first-order chi connectivity index (χ1) is 4.83. The molecule has 0 nitrogen and oxygen atoms in total. The molecule has 0 radical (unpaired) electrons. The van der Waals surface area contributed by atoms with Gasteiger partial charge in [-0.1, -0.05) is 27.7 Å². The molecule has 11 heavy (non-hydrogen) atoms. The van der Waals surface area contributed by atoms with Crippen LogP contribution in [0.1, 0.15) is 27.7 Å². The van der Waals surface area contributed by atoms with Gasteiger partial charge >= 0.3 is 0 Å². The van der Waals surface area contributed by atoms with Gasteiger partial charge in [0, 0.05) is 0 Å². The fourth-order valence-corrected chi connectivity index (χ4v) is 2.12. The van der Waals surface area contributed by atoms with Crippen molar-refractivity contribution < 1.29 is 0 Å². The van der Waals surface area contributed by atoms with Crippen molar-refractivity contribution in [2.45, 2.75) is 48.8 Å². The summed E-state index contributed by atoms with van der Waals surface area (Å²) >= 11 is 0.864. The lowest BCUT2D eigenvalue weighted by molar-refractivity contribution is 1.36. The van der Waals surface area contributed by atoms with Crippen LogP contribution in [0.2, 0.25) is 21.1 Å². The van der Waals surface area contributed by atoms with Crippen LogP contribution < -0.4 is 0 Å². The van der Waals surface area contributed by atoms with E-state index >= 15 is 0 Å². The molecule has 0 unspecified atom stereocenters. The summed E-state index contributed by atoms with van der Waals surface area (Å²) in [6, 6.07) is 0. The van der Waals surface area contributed by atoms with Gasteiger partial charge in [0.25, 0.3) is 0 Å². The van der Waals surface area contributed by atoms with E-state index in [0.717, 1.165) is 0 Å². The molecule has 0 atom stereocenters. The Balaban J connectivity index is -0.000000107. The molecule has 0 heterocycles. The fraction of sp³-hybridized carbons (Fsp3) is 1.00. The molecule has 0 saturated heterocycles. The maximum atomic E-state index is 2.27. The van der Waals surface area contributed by atoms with Gasteiger partial charge < -0.3 is 0 Å². The van der Waals surface area contributed by atoms with Crippen LogP contribution in [0, 0.1) is 0 Å². The van der Waals surface area contributed by atoms with Crippen LogP contribution in [0.15, 0.2) is 0 Å². The predicted molar refractivity (Wildman–Crippen MR) is 66.6 cm³/mol. The number of hydrogen-bond donors (Lipinski definition) is 0. The lowest BCUT2D eigenvalue weighted by Crippen LogP contribution is -1.76. The SMILES string of the molecule is C[CH2][AlH][CH2]C.C[CH2][AlH][CH2]C.S. The Bertz CT molecular complexity index is 33.1. The molecule has 0 fully saturated rings. The molecule has 0 amide bonds. The number of hydrogen-bond acceptors (Lipinski definition) is 0. The van der Waals surface area contributed by atoms with E-state index in [2.05, 4.69) is 27.7 Å². The molecule has 3 heteroatoms. The van der Waals surface area contributed by atoms with E-state index < -0.39 is 0 Å². The average Bonchev–Trinajstić information content (AvgIpc) is 1.93. The van der Waals surface area contributed by atoms with E-state index in [-0.39, 0.29) is 13.5 Å². The monoisotopic (exact) mass is 206 g/mol. The highest BCUT2D eigenvalue weighted by molar-refractivity contribution is 7.59. The second-order valence-electron chi connectivity index (χ2n) is 2.71. The van der Waals surface area contributed by atoms with Crippen molar-refractivity contribution in [1.29, 1.82) is 0 Å². The van der Waals surface area contributed by atoms with Crippen molar-refractivity contribution in [3.63, 3.8) is 0 Å². The van der Waals surface area contributed by atoms with Gasteiger partial charge in [0.05, 0.1) is 0 Å². The minimum atomic E-state index is 0. The third-order valence-corrected chi connectivity index (χ3v) is 4.24. The Morgan fingerprint density at radius 1 is 0.636 bits per heavy atom. The summed E-state index contributed by atoms with van der Waals surface area (Å²) in [7, 11) is 0. The van der Waals surface area contributed by atoms with E-state index in [9.17, 15) is 0 Å². The molecule has 0 N–H and O–H groups in total. The zero-order chi connectivity index (χ0) is 8.24. The van der Waals surface area contributed by atoms with E-state index in [0.29, 0.717) is 30.4 Å². The zero-order valence-corrected chi connectivity index (χ0v) is 12.6. The predicted octanol–water partition coefficient (Wildman–Crippen LogP) is 2.71. The molecule has 0 bridgehead atoms. The van der Waals surface area contributed by atoms with Crippen molar-refractivity contribution in [1.82, 2.24) is 0 Å². The Hall–Kier alpha value is 1.41. The van der Waals surface area contributed by atoms with Crippen LogP contribution in [0.3, 0.4) is 0 Å². The van der Waals surface area contributed by atoms with Gasteiger partial charge in [-0.05, 0) is 0 Å². The first-order valence-electron chi connectivity index (χ1n) is 4.83. The van der Waals surface area contributed by atoms with E-state index in [1.165, 1.54) is 21.1 Å². The second kappa shape index (κ2) is 22.5. The quantitative estimate of drug-likeness (QED) is 0.620. The van der Waals surface area contributed by atoms with Crippen LogP contribution >= 0.6 is 13.5 Å². The Kier molecular flexibility index (Phi) is 37.4. The third kappa shape index (κ3) is 34.5. The average molecular weight is 206 g/mol. The minimum Gasteiger partial charge on any atom is -0.197 e. The molecule has 0 rings (SSSR count). The van der Waals surface area contributed by atoms with Gasteiger partial charge in [0.15, 0.2) is 0 Å². The topological polar surface area (TPSA) is 0 Å². The lowest BCUT2D eigenvalue weighted by Gasteiger charge is -1.73.